The molecule has 1 aromatic rings. The lowest BCUT2D eigenvalue weighted by Crippen LogP contribution is -2.60. The topological polar surface area (TPSA) is 111 Å². The molecule has 10 nitrogen and oxygen atoms in total. The van der Waals surface area contributed by atoms with Crippen molar-refractivity contribution in [3.63, 3.8) is 0 Å². The number of alkyl halides is 3. The largest absolute Gasteiger partial charge is 0.573 e. The zero-order chi connectivity index (χ0) is 32.0. The van der Waals surface area contributed by atoms with Crippen LogP contribution in [0.2, 0.25) is 0 Å². The first-order valence-electron chi connectivity index (χ1n) is 15.8. The highest BCUT2D eigenvalue weighted by atomic mass is 19.4. The molecule has 0 spiro atoms. The fourth-order valence-corrected chi connectivity index (χ4v) is 6.80. The summed E-state index contributed by atoms with van der Waals surface area (Å²) < 4.78 is 59.3. The van der Waals surface area contributed by atoms with Crippen molar-refractivity contribution in [2.45, 2.75) is 82.2 Å². The van der Waals surface area contributed by atoms with Crippen LogP contribution in [0.4, 0.5) is 13.2 Å². The summed E-state index contributed by atoms with van der Waals surface area (Å²) in [6.45, 7) is 10.7. The first-order valence-corrected chi connectivity index (χ1v) is 15.8. The van der Waals surface area contributed by atoms with Gasteiger partial charge in [-0.25, -0.2) is 4.99 Å². The lowest BCUT2D eigenvalue weighted by Gasteiger charge is -2.49. The maximum Gasteiger partial charge on any atom is 0.573 e. The van der Waals surface area contributed by atoms with E-state index in [0.717, 1.165) is 63.6 Å². The molecule has 4 aliphatic rings. The Bertz CT molecular complexity index is 1230. The number of morpholine rings is 1. The van der Waals surface area contributed by atoms with Crippen LogP contribution in [0.5, 0.6) is 5.75 Å². The number of fused-ring (bicyclic) bond motifs is 1. The quantitative estimate of drug-likeness (QED) is 0.181. The number of benzene rings is 1. The maximum absolute atomic E-state index is 13.6. The Hall–Kier alpha value is -3.13. The first kappa shape index (κ1) is 33.2. The van der Waals surface area contributed by atoms with E-state index in [1.54, 1.807) is 19.1 Å². The number of hydrogen-bond donors (Lipinski definition) is 2. The number of nitrogens with two attached hydrogens (primary N) is 1. The van der Waals surface area contributed by atoms with Crippen molar-refractivity contribution >= 4 is 12.2 Å². The van der Waals surface area contributed by atoms with E-state index in [9.17, 15) is 18.0 Å². The van der Waals surface area contributed by atoms with Crippen LogP contribution in [0.3, 0.4) is 0 Å². The molecule has 13 heteroatoms. The Morgan fingerprint density at radius 3 is 2.60 bits per heavy atom. The second kappa shape index (κ2) is 15.0. The summed E-state index contributed by atoms with van der Waals surface area (Å²) in [5, 5.41) is 3.30. The van der Waals surface area contributed by atoms with Gasteiger partial charge in [0.1, 0.15) is 11.4 Å². The highest BCUT2D eigenvalue weighted by Gasteiger charge is 2.40. The number of amides is 1. The standard InChI is InChI=1S/C32H44F3N5O5/c1-21(22(2)37-18-26-4-3-5-28(44-26)23-6-8-25(9-7-23)45-32(33,34)35)30(38-20-36)31(41)39-13-10-24(11-14-39)40-15-17-43-29-19-42-16-12-27(29)40/h6-9,20,24,26-29,37H,2-5,10-19H2,1H3,(H2,36,38)/b30-21-/t26-,27-,28+,29-/m1/s1. The van der Waals surface area contributed by atoms with Crippen LogP contribution in [-0.4, -0.2) is 98.7 Å². The number of nitrogens with one attached hydrogen (secondary N) is 1. The number of aliphatic imine (C=N–C) groups is 1. The number of carbonyl (C=O) groups excluding carboxylic acids is 1. The van der Waals surface area contributed by atoms with Gasteiger partial charge in [-0.15, -0.1) is 13.2 Å². The normalized spacial score (nSPS) is 27.5. The molecular weight excluding hydrogens is 591 g/mol. The monoisotopic (exact) mass is 635 g/mol. The van der Waals surface area contributed by atoms with Crippen molar-refractivity contribution in [1.82, 2.24) is 15.1 Å². The zero-order valence-electron chi connectivity index (χ0n) is 25.8. The predicted octanol–water partition coefficient (Wildman–Crippen LogP) is 4.04. The number of likely N-dealkylation sites (tertiary alicyclic amines) is 1. The molecule has 248 valence electrons. The molecule has 3 N–H and O–H groups in total. The van der Waals surface area contributed by atoms with Crippen LogP contribution < -0.4 is 15.8 Å². The molecule has 5 rings (SSSR count). The Morgan fingerprint density at radius 1 is 1.13 bits per heavy atom. The van der Waals surface area contributed by atoms with Gasteiger partial charge in [0.25, 0.3) is 5.91 Å². The van der Waals surface area contributed by atoms with E-state index in [2.05, 4.69) is 26.5 Å². The van der Waals surface area contributed by atoms with Crippen molar-refractivity contribution < 1.29 is 36.9 Å². The summed E-state index contributed by atoms with van der Waals surface area (Å²) in [5.41, 5.74) is 7.87. The molecule has 0 aromatic heterocycles. The number of allylic oxidation sites excluding steroid dienone is 1. The molecule has 0 bridgehead atoms. The average Bonchev–Trinajstić information content (AvgIpc) is 3.05. The second-order valence-corrected chi connectivity index (χ2v) is 12.0. The summed E-state index contributed by atoms with van der Waals surface area (Å²) in [6.07, 6.45) is 1.34. The molecule has 0 unspecified atom stereocenters. The molecule has 0 radical (unpaired) electrons. The smallest absolute Gasteiger partial charge is 0.406 e. The molecule has 1 amide bonds. The van der Waals surface area contributed by atoms with Gasteiger partial charge in [0.2, 0.25) is 0 Å². The van der Waals surface area contributed by atoms with Crippen LogP contribution in [0.1, 0.15) is 57.1 Å². The fraction of sp³-hybridized carbons (Fsp3) is 0.625. The highest BCUT2D eigenvalue weighted by Crippen LogP contribution is 2.33. The molecule has 0 aliphatic carbocycles. The summed E-state index contributed by atoms with van der Waals surface area (Å²) >= 11 is 0. The van der Waals surface area contributed by atoms with E-state index in [-0.39, 0.29) is 35.7 Å². The van der Waals surface area contributed by atoms with Crippen LogP contribution in [0.25, 0.3) is 0 Å². The van der Waals surface area contributed by atoms with E-state index >= 15 is 0 Å². The minimum absolute atomic E-state index is 0.125. The van der Waals surface area contributed by atoms with Crippen molar-refractivity contribution in [3.05, 3.63) is 53.4 Å². The van der Waals surface area contributed by atoms with Crippen LogP contribution in [0, 0.1) is 0 Å². The molecule has 4 saturated heterocycles. The highest BCUT2D eigenvalue weighted by molar-refractivity contribution is 5.95. The van der Waals surface area contributed by atoms with Gasteiger partial charge in [-0.2, -0.15) is 0 Å². The lowest BCUT2D eigenvalue weighted by atomic mass is 9.95. The summed E-state index contributed by atoms with van der Waals surface area (Å²) in [4.78, 5) is 22.3. The summed E-state index contributed by atoms with van der Waals surface area (Å²) in [6, 6.07) is 6.57. The summed E-state index contributed by atoms with van der Waals surface area (Å²) in [5.74, 6) is -0.438. The number of piperidine rings is 1. The summed E-state index contributed by atoms with van der Waals surface area (Å²) in [7, 11) is 0. The van der Waals surface area contributed by atoms with Crippen LogP contribution >= 0.6 is 0 Å². The minimum atomic E-state index is -4.73. The number of carbonyl (C=O) groups is 1. The third kappa shape index (κ3) is 8.57. The SMILES string of the molecule is C=C(NC[C@H]1CCC[C@@H](c2ccc(OC(F)(F)F)cc2)O1)/C(C)=C(\N=C/N)C(=O)N1CCC(N2CCO[C@@H]3COCC[C@H]32)CC1. The lowest BCUT2D eigenvalue weighted by molar-refractivity contribution is -0.274. The molecule has 4 aliphatic heterocycles. The third-order valence-corrected chi connectivity index (χ3v) is 9.19. The molecule has 0 saturated carbocycles. The Morgan fingerprint density at radius 2 is 1.89 bits per heavy atom. The van der Waals surface area contributed by atoms with Gasteiger partial charge in [0, 0.05) is 56.1 Å². The average molecular weight is 636 g/mol. The minimum Gasteiger partial charge on any atom is -0.406 e. The third-order valence-electron chi connectivity index (χ3n) is 9.19. The number of halogens is 3. The molecular formula is C32H44F3N5O5. The van der Waals surface area contributed by atoms with E-state index in [4.69, 9.17) is 19.9 Å². The number of rotatable bonds is 9. The van der Waals surface area contributed by atoms with Gasteiger partial charge in [-0.3, -0.25) is 9.69 Å². The van der Waals surface area contributed by atoms with Gasteiger partial charge in [0.15, 0.2) is 0 Å². The Balaban J connectivity index is 1.14. The Labute approximate surface area is 262 Å². The number of nitrogens with zero attached hydrogens (tertiary/aromatic N) is 3. The van der Waals surface area contributed by atoms with E-state index in [1.807, 2.05) is 4.90 Å². The van der Waals surface area contributed by atoms with Crippen molar-refractivity contribution in [2.75, 3.05) is 46.0 Å². The molecule has 1 aromatic carbocycles. The molecule has 45 heavy (non-hydrogen) atoms. The van der Waals surface area contributed by atoms with Crippen molar-refractivity contribution in [3.8, 4) is 5.75 Å². The molecule has 4 fully saturated rings. The molecule has 4 atom stereocenters. The van der Waals surface area contributed by atoms with Crippen molar-refractivity contribution in [2.24, 2.45) is 10.7 Å². The predicted molar refractivity (Wildman–Crippen MR) is 162 cm³/mol. The van der Waals surface area contributed by atoms with E-state index < -0.39 is 6.36 Å². The Kier molecular flexibility index (Phi) is 11.1. The molecule has 4 heterocycles. The van der Waals surface area contributed by atoms with Crippen molar-refractivity contribution in [1.29, 1.82) is 0 Å². The van der Waals surface area contributed by atoms with E-state index in [0.29, 0.717) is 56.2 Å². The van der Waals surface area contributed by atoms with Crippen LogP contribution in [0.15, 0.2) is 52.8 Å². The zero-order valence-corrected chi connectivity index (χ0v) is 25.8. The first-order chi connectivity index (χ1) is 21.6. The van der Waals surface area contributed by atoms with Gasteiger partial charge in [-0.1, -0.05) is 18.7 Å². The van der Waals surface area contributed by atoms with E-state index in [1.165, 1.54) is 12.1 Å². The maximum atomic E-state index is 13.6. The van der Waals surface area contributed by atoms with Gasteiger partial charge in [0.05, 0.1) is 37.9 Å². The second-order valence-electron chi connectivity index (χ2n) is 12.0. The van der Waals surface area contributed by atoms with Crippen LogP contribution in [-0.2, 0) is 19.0 Å². The fourth-order valence-electron chi connectivity index (χ4n) is 6.80. The number of ether oxygens (including phenoxy) is 4. The van der Waals surface area contributed by atoms with Gasteiger partial charge >= 0.3 is 6.36 Å². The number of hydrogen-bond acceptors (Lipinski definition) is 8. The van der Waals surface area contributed by atoms with Gasteiger partial charge in [-0.05, 0) is 63.1 Å². The van der Waals surface area contributed by atoms with Gasteiger partial charge < -0.3 is 34.9 Å².